The van der Waals surface area contributed by atoms with Crippen molar-refractivity contribution in [1.82, 2.24) is 24.1 Å². The number of H-pyrrole nitrogens is 2. The average molecular weight is 904 g/mol. The van der Waals surface area contributed by atoms with Gasteiger partial charge in [-0.1, -0.05) is 18.2 Å². The van der Waals surface area contributed by atoms with Crippen molar-refractivity contribution in [2.75, 3.05) is 5.73 Å². The molecule has 4 N–H and O–H groups in total. The van der Waals surface area contributed by atoms with Gasteiger partial charge in [-0.2, -0.15) is 0 Å². The number of nitrogens with two attached hydrogens (primary N) is 1. The van der Waals surface area contributed by atoms with Crippen molar-refractivity contribution in [3.63, 3.8) is 0 Å². The first-order valence-corrected chi connectivity index (χ1v) is 21.2. The summed E-state index contributed by atoms with van der Waals surface area (Å²) in [6, 6.07) is 25.1. The summed E-state index contributed by atoms with van der Waals surface area (Å²) in [7, 11) is 0. The lowest BCUT2D eigenvalue weighted by atomic mass is 9.99. The summed E-state index contributed by atoms with van der Waals surface area (Å²) >= 11 is 0. The van der Waals surface area contributed by atoms with Crippen LogP contribution in [-0.4, -0.2) is 40.6 Å². The van der Waals surface area contributed by atoms with E-state index in [4.69, 9.17) is 5.73 Å². The molecule has 67 heavy (non-hydrogen) atoms. The molecule has 9 aromatic rings. The number of nitro groups is 1. The van der Waals surface area contributed by atoms with E-state index in [1.165, 1.54) is 42.9 Å². The third-order valence-corrected chi connectivity index (χ3v) is 12.1. The standard InChI is InChI=1S/C26H21FN4O2.C25H19F2N3O4/c1-14-10-19-22(12-20(14)27)31(13-16-11-23(28)30-21-8-4-3-6-17(16)21)25(15(2)32)24(19)18-7-5-9-29-26(18)33;1-13(31)24-23(17-3-2-8-28-25(17)32)19-10-18(14-4-5-14)21(27)11-22(19)29(24)12-15-9-16(30(33)34)6-7-20(15)26/h3-12H,13H2,1-2H3,(H2,28,30)(H,29,33);2-3,6-11,14H,4-5,12H2,1H3,(H,28,32). The third kappa shape index (κ3) is 8.06. The van der Waals surface area contributed by atoms with Gasteiger partial charge in [0.15, 0.2) is 11.6 Å². The van der Waals surface area contributed by atoms with Crippen LogP contribution in [0.15, 0.2) is 119 Å². The smallest absolute Gasteiger partial charge is 0.269 e. The van der Waals surface area contributed by atoms with Crippen molar-refractivity contribution < 1.29 is 27.7 Å². The van der Waals surface area contributed by atoms with Crippen LogP contribution in [0.1, 0.15) is 75.8 Å². The molecule has 1 saturated carbocycles. The number of hydrogen-bond donors (Lipinski definition) is 3. The number of carbonyl (C=O) groups excluding carboxylic acids is 2. The van der Waals surface area contributed by atoms with Crippen molar-refractivity contribution in [1.29, 1.82) is 0 Å². The van der Waals surface area contributed by atoms with Gasteiger partial charge in [-0.05, 0) is 109 Å². The van der Waals surface area contributed by atoms with Gasteiger partial charge in [-0.25, -0.2) is 18.2 Å². The largest absolute Gasteiger partial charge is 0.384 e. The van der Waals surface area contributed by atoms with E-state index in [0.29, 0.717) is 61.1 Å². The number of aryl methyl sites for hydroxylation is 1. The number of pyridine rings is 3. The summed E-state index contributed by atoms with van der Waals surface area (Å²) < 4.78 is 47.6. The molecule has 5 heterocycles. The molecule has 4 aromatic carbocycles. The molecule has 336 valence electrons. The number of nitro benzene ring substituents is 1. The summed E-state index contributed by atoms with van der Waals surface area (Å²) in [5.74, 6) is -1.74. The minimum Gasteiger partial charge on any atom is -0.384 e. The molecule has 1 aliphatic carbocycles. The molecule has 0 aliphatic heterocycles. The molecule has 0 radical (unpaired) electrons. The first-order chi connectivity index (χ1) is 32.1. The highest BCUT2D eigenvalue weighted by atomic mass is 19.1. The maximum atomic E-state index is 15.1. The van der Waals surface area contributed by atoms with Gasteiger partial charge in [0.1, 0.15) is 23.3 Å². The lowest BCUT2D eigenvalue weighted by molar-refractivity contribution is -0.385. The second kappa shape index (κ2) is 17.2. The molecule has 1 aliphatic rings. The normalized spacial score (nSPS) is 12.4. The maximum absolute atomic E-state index is 15.1. The Morgan fingerprint density at radius 3 is 1.85 bits per heavy atom. The fraction of sp³-hybridized carbons (Fsp3) is 0.157. The molecular formula is C51H40F3N7O6. The molecule has 0 unspecified atom stereocenters. The minimum absolute atomic E-state index is 0.0335. The van der Waals surface area contributed by atoms with E-state index in [-0.39, 0.29) is 58.7 Å². The summed E-state index contributed by atoms with van der Waals surface area (Å²) in [5, 5.41) is 13.2. The highest BCUT2D eigenvalue weighted by Gasteiger charge is 2.31. The van der Waals surface area contributed by atoms with Crippen LogP contribution in [0.2, 0.25) is 0 Å². The van der Waals surface area contributed by atoms with Crippen LogP contribution in [0.5, 0.6) is 0 Å². The van der Waals surface area contributed by atoms with Crippen LogP contribution in [0.4, 0.5) is 24.7 Å². The molecule has 0 spiro atoms. The van der Waals surface area contributed by atoms with Gasteiger partial charge in [0.25, 0.3) is 16.8 Å². The van der Waals surface area contributed by atoms with Crippen LogP contribution in [0.3, 0.4) is 0 Å². The van der Waals surface area contributed by atoms with Crippen LogP contribution < -0.4 is 16.9 Å². The third-order valence-electron chi connectivity index (χ3n) is 12.1. The van der Waals surface area contributed by atoms with Crippen molar-refractivity contribution >= 4 is 55.8 Å². The molecule has 13 nitrogen and oxygen atoms in total. The van der Waals surface area contributed by atoms with E-state index in [2.05, 4.69) is 15.0 Å². The predicted octanol–water partition coefficient (Wildman–Crippen LogP) is 10.1. The van der Waals surface area contributed by atoms with Gasteiger partial charge in [0.05, 0.1) is 39.4 Å². The molecule has 0 bridgehead atoms. The number of anilines is 1. The van der Waals surface area contributed by atoms with Crippen LogP contribution in [0.25, 0.3) is 55.0 Å². The number of Topliss-reactive ketones (excluding diaryl/α,β-unsaturated/α-hetero) is 2. The molecule has 0 amide bonds. The van der Waals surface area contributed by atoms with E-state index >= 15 is 4.39 Å². The van der Waals surface area contributed by atoms with E-state index in [9.17, 15) is 38.1 Å². The topological polar surface area (TPSA) is 192 Å². The zero-order valence-electron chi connectivity index (χ0n) is 36.2. The second-order valence-electron chi connectivity index (χ2n) is 16.6. The molecule has 0 saturated heterocycles. The Balaban J connectivity index is 0.000000168. The Labute approximate surface area is 378 Å². The molecule has 16 heteroatoms. The van der Waals surface area contributed by atoms with Gasteiger partial charge >= 0.3 is 0 Å². The number of ketones is 2. The number of nitrogens with one attached hydrogen (secondary N) is 2. The number of para-hydroxylation sites is 1. The summed E-state index contributed by atoms with van der Waals surface area (Å²) in [5.41, 5.74) is 10.2. The highest BCUT2D eigenvalue weighted by molar-refractivity contribution is 6.11. The van der Waals surface area contributed by atoms with E-state index < -0.39 is 27.9 Å². The Morgan fingerprint density at radius 1 is 0.716 bits per heavy atom. The van der Waals surface area contributed by atoms with Crippen molar-refractivity contribution in [2.45, 2.75) is 52.6 Å². The van der Waals surface area contributed by atoms with E-state index in [0.717, 1.165) is 47.5 Å². The molecule has 10 rings (SSSR count). The van der Waals surface area contributed by atoms with Gasteiger partial charge < -0.3 is 24.8 Å². The van der Waals surface area contributed by atoms with Crippen molar-refractivity contribution in [3.8, 4) is 22.3 Å². The first kappa shape index (κ1) is 43.8. The number of hydrogen-bond acceptors (Lipinski definition) is 8. The molecular weight excluding hydrogens is 864 g/mol. The summed E-state index contributed by atoms with van der Waals surface area (Å²) in [6.07, 6.45) is 4.70. The summed E-state index contributed by atoms with van der Waals surface area (Å²) in [4.78, 5) is 71.5. The number of non-ortho nitro benzene ring substituents is 1. The minimum atomic E-state index is -0.698. The lowest BCUT2D eigenvalue weighted by Crippen LogP contribution is -2.13. The number of nitrogen functional groups attached to an aromatic ring is 1. The van der Waals surface area contributed by atoms with Crippen molar-refractivity contribution in [2.24, 2.45) is 0 Å². The zero-order valence-corrected chi connectivity index (χ0v) is 36.2. The Morgan fingerprint density at radius 2 is 1.28 bits per heavy atom. The quantitative estimate of drug-likeness (QED) is 0.0686. The SMILES string of the molecule is CC(=O)c1c(-c2ccc[nH]c2=O)c2cc(C)c(F)cc2n1Cc1cc(N)nc2ccccc12.CC(=O)c1c(-c2ccc[nH]c2=O)c2cc(C3CC3)c(F)cc2n1Cc1cc([N+](=O)[O-])ccc1F. The van der Waals surface area contributed by atoms with Gasteiger partial charge in [-0.3, -0.25) is 29.3 Å². The number of fused-ring (bicyclic) bond motifs is 3. The number of carbonyl (C=O) groups is 2. The summed E-state index contributed by atoms with van der Waals surface area (Å²) in [6.45, 7) is 4.42. The predicted molar refractivity (Wildman–Crippen MR) is 250 cm³/mol. The number of nitrogens with zero attached hydrogens (tertiary/aromatic N) is 4. The van der Waals surface area contributed by atoms with Gasteiger partial charge in [0.2, 0.25) is 0 Å². The Bertz CT molecular complexity index is 3660. The number of benzene rings is 4. The average Bonchev–Trinajstić information content (AvgIpc) is 4.03. The lowest BCUT2D eigenvalue weighted by Gasteiger charge is -2.13. The molecule has 0 atom stereocenters. The highest BCUT2D eigenvalue weighted by Crippen LogP contribution is 2.45. The number of rotatable bonds is 10. The van der Waals surface area contributed by atoms with Crippen molar-refractivity contribution in [3.05, 3.63) is 191 Å². The van der Waals surface area contributed by atoms with E-state index in [1.54, 1.807) is 54.0 Å². The van der Waals surface area contributed by atoms with E-state index in [1.807, 2.05) is 24.3 Å². The molecule has 1 fully saturated rings. The molecule has 5 aromatic heterocycles. The maximum Gasteiger partial charge on any atom is 0.269 e. The zero-order chi connectivity index (χ0) is 47.4. The number of aromatic nitrogens is 5. The fourth-order valence-electron chi connectivity index (χ4n) is 8.95. The van der Waals surface area contributed by atoms with Crippen LogP contribution in [0, 0.1) is 34.5 Å². The Hall–Kier alpha value is -8.40. The second-order valence-corrected chi connectivity index (χ2v) is 16.6. The number of halogens is 3. The van der Waals surface area contributed by atoms with Gasteiger partial charge in [-0.15, -0.1) is 0 Å². The Kier molecular flexibility index (Phi) is 11.2. The fourth-order valence-corrected chi connectivity index (χ4v) is 8.95. The first-order valence-electron chi connectivity index (χ1n) is 21.2. The van der Waals surface area contributed by atoms with Gasteiger partial charge in [0, 0.05) is 88.9 Å². The monoisotopic (exact) mass is 903 g/mol. The number of aromatic amines is 2. The van der Waals surface area contributed by atoms with Crippen LogP contribution >= 0.6 is 0 Å². The van der Waals surface area contributed by atoms with Crippen LogP contribution in [-0.2, 0) is 13.1 Å².